The summed E-state index contributed by atoms with van der Waals surface area (Å²) >= 11 is 0. The summed E-state index contributed by atoms with van der Waals surface area (Å²) in [7, 11) is -5.63. The minimum absolute atomic E-state index is 0.141. The van der Waals surface area contributed by atoms with Gasteiger partial charge in [-0.15, -0.1) is 0 Å². The van der Waals surface area contributed by atoms with E-state index < -0.39 is 15.6 Å². The molecule has 1 aromatic rings. The fraction of sp³-hybridized carbons (Fsp3) is 0.647. The van der Waals surface area contributed by atoms with Gasteiger partial charge < -0.3 is 4.18 Å². The first-order valence-electron chi connectivity index (χ1n) is 8.30. The molecule has 0 bridgehead atoms. The third-order valence-corrected chi connectivity index (χ3v) is 5.90. The smallest absolute Gasteiger partial charge is 0.376 e. The zero-order valence-corrected chi connectivity index (χ0v) is 15.0. The van der Waals surface area contributed by atoms with Gasteiger partial charge in [0, 0.05) is 5.56 Å². The molecule has 0 radical (unpaired) electrons. The van der Waals surface area contributed by atoms with Gasteiger partial charge in [-0.2, -0.15) is 21.6 Å². The predicted octanol–water partition coefficient (Wildman–Crippen LogP) is 5.01. The van der Waals surface area contributed by atoms with Gasteiger partial charge in [0.05, 0.1) is 0 Å². The molecule has 0 saturated heterocycles. The summed E-state index contributed by atoms with van der Waals surface area (Å²) < 4.78 is 65.0. The number of benzene rings is 1. The number of fused-ring (bicyclic) bond motifs is 2. The van der Waals surface area contributed by atoms with Crippen molar-refractivity contribution < 1.29 is 25.8 Å². The molecule has 0 atom stereocenters. The van der Waals surface area contributed by atoms with Gasteiger partial charge in [0.15, 0.2) is 0 Å². The summed E-state index contributed by atoms with van der Waals surface area (Å²) in [5.41, 5.74) is -2.99. The third kappa shape index (κ3) is 3.15. The summed E-state index contributed by atoms with van der Waals surface area (Å²) in [4.78, 5) is 0. The Balaban J connectivity index is 0.00000100. The fourth-order valence-electron chi connectivity index (χ4n) is 3.91. The van der Waals surface area contributed by atoms with E-state index in [0.29, 0.717) is 5.56 Å². The minimum Gasteiger partial charge on any atom is -0.376 e. The molecule has 0 aliphatic heterocycles. The first-order chi connectivity index (χ1) is 11.2. The van der Waals surface area contributed by atoms with Crippen LogP contribution in [0.25, 0.3) is 0 Å². The number of aryl methyl sites for hydroxylation is 1. The molecule has 2 aliphatic carbocycles. The summed E-state index contributed by atoms with van der Waals surface area (Å²) in [6.45, 7) is 5.90. The zero-order chi connectivity index (χ0) is 18.2. The van der Waals surface area contributed by atoms with Crippen LogP contribution in [0, 0.1) is 6.92 Å². The summed E-state index contributed by atoms with van der Waals surface area (Å²) in [5.74, 6) is -0.141. The predicted molar refractivity (Wildman–Crippen MR) is 86.6 cm³/mol. The Kier molecular flexibility index (Phi) is 5.23. The average molecular weight is 364 g/mol. The van der Waals surface area contributed by atoms with E-state index in [9.17, 15) is 21.6 Å². The summed E-state index contributed by atoms with van der Waals surface area (Å²) in [6.07, 6.45) is 5.41. The molecule has 7 heteroatoms. The van der Waals surface area contributed by atoms with Gasteiger partial charge in [0.2, 0.25) is 0 Å². The Labute approximate surface area is 141 Å². The Hall–Kier alpha value is -1.24. The van der Waals surface area contributed by atoms with E-state index in [1.54, 1.807) is 6.07 Å². The minimum atomic E-state index is -5.63. The number of halogens is 3. The average Bonchev–Trinajstić information content (AvgIpc) is 3.12. The number of rotatable bonds is 2. The lowest BCUT2D eigenvalue weighted by Gasteiger charge is -2.26. The molecule has 0 heterocycles. The molecule has 0 unspecified atom stereocenters. The SMILES string of the molecule is CC.Cc1ccc(OS(=O)(=O)C(F)(F)F)c2c1CCC21CCCC1. The molecule has 1 saturated carbocycles. The molecule has 0 N–H and O–H groups in total. The molecule has 136 valence electrons. The van der Waals surface area contributed by atoms with E-state index in [1.165, 1.54) is 6.07 Å². The normalized spacial score (nSPS) is 18.9. The first kappa shape index (κ1) is 19.1. The van der Waals surface area contributed by atoms with Gasteiger partial charge in [-0.25, -0.2) is 0 Å². The van der Waals surface area contributed by atoms with Crippen LogP contribution in [0.3, 0.4) is 0 Å². The van der Waals surface area contributed by atoms with Crippen LogP contribution in [-0.2, 0) is 22.0 Å². The fourth-order valence-corrected chi connectivity index (χ4v) is 4.38. The standard InChI is InChI=1S/C15H17F3O3S.C2H6/c1-10-4-5-12(21-22(19,20)15(16,17)18)13-11(10)6-9-14(13)7-2-3-8-14;1-2/h4-5H,2-3,6-9H2,1H3;1-2H3. The van der Waals surface area contributed by atoms with Crippen LogP contribution in [-0.4, -0.2) is 13.9 Å². The molecule has 3 rings (SSSR count). The van der Waals surface area contributed by atoms with Crippen LogP contribution < -0.4 is 4.18 Å². The van der Waals surface area contributed by atoms with E-state index in [4.69, 9.17) is 0 Å². The Bertz CT molecular complexity index is 703. The maximum absolute atomic E-state index is 12.6. The summed E-state index contributed by atoms with van der Waals surface area (Å²) in [6, 6.07) is 3.00. The van der Waals surface area contributed by atoms with Gasteiger partial charge in [-0.3, -0.25) is 0 Å². The van der Waals surface area contributed by atoms with Crippen LogP contribution in [0.5, 0.6) is 5.75 Å². The largest absolute Gasteiger partial charge is 0.534 e. The number of hydrogen-bond acceptors (Lipinski definition) is 3. The lowest BCUT2D eigenvalue weighted by Crippen LogP contribution is -2.29. The van der Waals surface area contributed by atoms with Crippen molar-refractivity contribution in [2.75, 3.05) is 0 Å². The van der Waals surface area contributed by atoms with Crippen molar-refractivity contribution in [3.63, 3.8) is 0 Å². The second-order valence-electron chi connectivity index (χ2n) is 6.20. The molecule has 2 aliphatic rings. The lowest BCUT2D eigenvalue weighted by atomic mass is 9.79. The Morgan fingerprint density at radius 2 is 1.67 bits per heavy atom. The topological polar surface area (TPSA) is 43.4 Å². The molecule has 24 heavy (non-hydrogen) atoms. The maximum Gasteiger partial charge on any atom is 0.534 e. The molecular formula is C17H23F3O3S. The third-order valence-electron chi connectivity index (χ3n) is 4.94. The number of alkyl halides is 3. The summed E-state index contributed by atoms with van der Waals surface area (Å²) in [5, 5.41) is 0. The van der Waals surface area contributed by atoms with Crippen LogP contribution in [0.4, 0.5) is 13.2 Å². The van der Waals surface area contributed by atoms with Gasteiger partial charge in [0.25, 0.3) is 0 Å². The van der Waals surface area contributed by atoms with Crippen molar-refractivity contribution in [2.45, 2.75) is 70.2 Å². The molecular weight excluding hydrogens is 341 g/mol. The van der Waals surface area contributed by atoms with E-state index in [0.717, 1.165) is 49.7 Å². The van der Waals surface area contributed by atoms with Crippen molar-refractivity contribution in [3.05, 3.63) is 28.8 Å². The second-order valence-corrected chi connectivity index (χ2v) is 7.74. The van der Waals surface area contributed by atoms with Gasteiger partial charge >= 0.3 is 15.6 Å². The maximum atomic E-state index is 12.6. The van der Waals surface area contributed by atoms with E-state index in [-0.39, 0.29) is 11.2 Å². The van der Waals surface area contributed by atoms with Gasteiger partial charge in [-0.1, -0.05) is 32.8 Å². The second kappa shape index (κ2) is 6.58. The zero-order valence-electron chi connectivity index (χ0n) is 14.2. The highest BCUT2D eigenvalue weighted by atomic mass is 32.2. The highest BCUT2D eigenvalue weighted by molar-refractivity contribution is 7.88. The van der Waals surface area contributed by atoms with E-state index >= 15 is 0 Å². The van der Waals surface area contributed by atoms with E-state index in [1.807, 2.05) is 20.8 Å². The first-order valence-corrected chi connectivity index (χ1v) is 9.71. The molecule has 1 aromatic carbocycles. The Morgan fingerprint density at radius 1 is 1.08 bits per heavy atom. The lowest BCUT2D eigenvalue weighted by molar-refractivity contribution is -0.0500. The monoisotopic (exact) mass is 364 g/mol. The molecule has 0 aromatic heterocycles. The molecule has 1 spiro atoms. The highest BCUT2D eigenvalue weighted by Crippen LogP contribution is 2.54. The van der Waals surface area contributed by atoms with Gasteiger partial charge in [-0.05, 0) is 55.2 Å². The van der Waals surface area contributed by atoms with Crippen molar-refractivity contribution >= 4 is 10.1 Å². The van der Waals surface area contributed by atoms with Crippen molar-refractivity contribution in [1.82, 2.24) is 0 Å². The molecule has 3 nitrogen and oxygen atoms in total. The number of hydrogen-bond donors (Lipinski definition) is 0. The van der Waals surface area contributed by atoms with Crippen LogP contribution in [0.2, 0.25) is 0 Å². The van der Waals surface area contributed by atoms with Crippen molar-refractivity contribution in [2.24, 2.45) is 0 Å². The van der Waals surface area contributed by atoms with E-state index in [2.05, 4.69) is 4.18 Å². The highest BCUT2D eigenvalue weighted by Gasteiger charge is 2.50. The quantitative estimate of drug-likeness (QED) is 0.547. The molecule has 1 fully saturated rings. The van der Waals surface area contributed by atoms with Gasteiger partial charge in [0.1, 0.15) is 5.75 Å². The van der Waals surface area contributed by atoms with Crippen LogP contribution in [0.15, 0.2) is 12.1 Å². The van der Waals surface area contributed by atoms with Crippen LogP contribution in [0.1, 0.15) is 62.6 Å². The van der Waals surface area contributed by atoms with Crippen LogP contribution >= 0.6 is 0 Å². The molecule has 0 amide bonds. The Morgan fingerprint density at radius 3 is 2.21 bits per heavy atom. The van der Waals surface area contributed by atoms with Crippen molar-refractivity contribution in [3.8, 4) is 5.75 Å². The van der Waals surface area contributed by atoms with Crippen molar-refractivity contribution in [1.29, 1.82) is 0 Å².